The molecule has 0 spiro atoms. The standard InChI is InChI=1S/C10H14AsNO2/c1-11(2)8-5-4-6-9(7-8)14-10(13)12-3/h4-7H,1-3H3,(H,12,13). The van der Waals surface area contributed by atoms with Crippen LogP contribution in [0.3, 0.4) is 0 Å². The second-order valence-electron chi connectivity index (χ2n) is 3.03. The third kappa shape index (κ3) is 3.07. The zero-order chi connectivity index (χ0) is 10.6. The minimum atomic E-state index is -0.886. The third-order valence-corrected chi connectivity index (χ3v) is 4.50. The first-order valence-corrected chi connectivity index (χ1v) is 8.99. The summed E-state index contributed by atoms with van der Waals surface area (Å²) in [5.74, 6) is 0.616. The van der Waals surface area contributed by atoms with Gasteiger partial charge in [0.1, 0.15) is 0 Å². The van der Waals surface area contributed by atoms with Gasteiger partial charge in [-0.3, -0.25) is 0 Å². The average molecular weight is 255 g/mol. The van der Waals surface area contributed by atoms with E-state index in [4.69, 9.17) is 4.74 Å². The summed E-state index contributed by atoms with van der Waals surface area (Å²) in [4.78, 5) is 10.9. The monoisotopic (exact) mass is 255 g/mol. The van der Waals surface area contributed by atoms with Crippen LogP contribution in [0.2, 0.25) is 11.4 Å². The Kier molecular flexibility index (Phi) is 4.02. The zero-order valence-corrected chi connectivity index (χ0v) is 10.4. The zero-order valence-electron chi connectivity index (χ0n) is 8.57. The summed E-state index contributed by atoms with van der Waals surface area (Å²) in [5.41, 5.74) is 4.48. The first kappa shape index (κ1) is 11.1. The van der Waals surface area contributed by atoms with Crippen LogP contribution >= 0.6 is 0 Å². The van der Waals surface area contributed by atoms with Crippen LogP contribution in [0.1, 0.15) is 0 Å². The van der Waals surface area contributed by atoms with Crippen LogP contribution in [-0.2, 0) is 0 Å². The molecule has 0 aliphatic heterocycles. The summed E-state index contributed by atoms with van der Waals surface area (Å²) < 4.78 is 6.33. The number of rotatable bonds is 2. The Hall–Kier alpha value is -0.952. The van der Waals surface area contributed by atoms with Gasteiger partial charge in [-0.25, -0.2) is 0 Å². The van der Waals surface area contributed by atoms with Crippen molar-refractivity contribution in [2.45, 2.75) is 11.4 Å². The van der Waals surface area contributed by atoms with Gasteiger partial charge in [0, 0.05) is 0 Å². The van der Waals surface area contributed by atoms with E-state index in [0.717, 1.165) is 0 Å². The quantitative estimate of drug-likeness (QED) is 0.810. The van der Waals surface area contributed by atoms with Crippen LogP contribution in [0.4, 0.5) is 4.79 Å². The predicted molar refractivity (Wildman–Crippen MR) is 58.6 cm³/mol. The van der Waals surface area contributed by atoms with E-state index in [2.05, 4.69) is 22.8 Å². The van der Waals surface area contributed by atoms with Crippen molar-refractivity contribution in [2.24, 2.45) is 0 Å². The van der Waals surface area contributed by atoms with Gasteiger partial charge in [0.25, 0.3) is 0 Å². The van der Waals surface area contributed by atoms with Crippen LogP contribution in [0.5, 0.6) is 5.75 Å². The molecular formula is C10H14AsNO2. The second-order valence-corrected chi connectivity index (χ2v) is 7.87. The molecule has 76 valence electrons. The number of hydrogen-bond acceptors (Lipinski definition) is 2. The summed E-state index contributed by atoms with van der Waals surface area (Å²) in [6.07, 6.45) is -0.423. The number of hydrogen-bond donors (Lipinski definition) is 1. The number of ether oxygens (including phenoxy) is 1. The molecule has 0 atom stereocenters. The topological polar surface area (TPSA) is 38.3 Å². The number of carbonyl (C=O) groups is 1. The van der Waals surface area contributed by atoms with E-state index in [1.807, 2.05) is 12.1 Å². The molecule has 0 saturated carbocycles. The van der Waals surface area contributed by atoms with Gasteiger partial charge in [-0.05, 0) is 0 Å². The van der Waals surface area contributed by atoms with Crippen LogP contribution in [-0.4, -0.2) is 27.8 Å². The molecule has 0 fully saturated rings. The molecule has 1 amide bonds. The summed E-state index contributed by atoms with van der Waals surface area (Å²) >= 11 is -0.886. The van der Waals surface area contributed by atoms with Gasteiger partial charge in [-0.15, -0.1) is 0 Å². The molecule has 0 radical (unpaired) electrons. The van der Waals surface area contributed by atoms with Crippen molar-refractivity contribution in [1.29, 1.82) is 0 Å². The molecule has 1 rings (SSSR count). The Balaban J connectivity index is 2.78. The van der Waals surface area contributed by atoms with Crippen LogP contribution in [0, 0.1) is 0 Å². The van der Waals surface area contributed by atoms with Crippen LogP contribution in [0.25, 0.3) is 0 Å². The molecular weight excluding hydrogens is 241 g/mol. The van der Waals surface area contributed by atoms with E-state index in [-0.39, 0.29) is 0 Å². The normalized spacial score (nSPS) is 10.0. The summed E-state index contributed by atoms with van der Waals surface area (Å²) in [6.45, 7) is 0. The van der Waals surface area contributed by atoms with E-state index in [0.29, 0.717) is 5.75 Å². The van der Waals surface area contributed by atoms with Crippen molar-refractivity contribution in [3.8, 4) is 5.75 Å². The SMILES string of the molecule is CNC(=O)Oc1cccc([As](C)C)c1. The second kappa shape index (κ2) is 5.06. The number of carbonyl (C=O) groups excluding carboxylic acids is 1. The van der Waals surface area contributed by atoms with E-state index in [1.54, 1.807) is 13.1 Å². The Bertz CT molecular complexity index is 326. The number of nitrogens with one attached hydrogen (secondary N) is 1. The van der Waals surface area contributed by atoms with E-state index in [1.165, 1.54) is 4.35 Å². The molecule has 1 aromatic rings. The Morgan fingerprint density at radius 1 is 1.43 bits per heavy atom. The Morgan fingerprint density at radius 3 is 2.71 bits per heavy atom. The molecule has 0 unspecified atom stereocenters. The third-order valence-electron chi connectivity index (χ3n) is 1.75. The Morgan fingerprint density at radius 2 is 2.14 bits per heavy atom. The number of benzene rings is 1. The van der Waals surface area contributed by atoms with Crippen molar-refractivity contribution in [1.82, 2.24) is 5.32 Å². The average Bonchev–Trinajstić information content (AvgIpc) is 2.18. The fourth-order valence-corrected chi connectivity index (χ4v) is 2.60. The summed E-state index contributed by atoms with van der Waals surface area (Å²) in [6, 6.07) is 7.73. The minimum absolute atomic E-state index is 0.423. The van der Waals surface area contributed by atoms with E-state index >= 15 is 0 Å². The van der Waals surface area contributed by atoms with Gasteiger partial charge in [0.15, 0.2) is 0 Å². The molecule has 0 aromatic heterocycles. The Labute approximate surface area is 88.7 Å². The molecule has 1 N–H and O–H groups in total. The summed E-state index contributed by atoms with van der Waals surface area (Å²) in [5, 5.41) is 2.41. The van der Waals surface area contributed by atoms with Crippen molar-refractivity contribution < 1.29 is 9.53 Å². The van der Waals surface area contributed by atoms with Crippen molar-refractivity contribution >= 4 is 25.1 Å². The maximum absolute atomic E-state index is 10.9. The maximum atomic E-state index is 10.9. The van der Waals surface area contributed by atoms with Gasteiger partial charge >= 0.3 is 88.4 Å². The fraction of sp³-hybridized carbons (Fsp3) is 0.300. The summed E-state index contributed by atoms with van der Waals surface area (Å²) in [7, 11) is 1.55. The van der Waals surface area contributed by atoms with Crippen molar-refractivity contribution in [2.75, 3.05) is 7.05 Å². The molecule has 0 bridgehead atoms. The van der Waals surface area contributed by atoms with Gasteiger partial charge in [0.2, 0.25) is 0 Å². The van der Waals surface area contributed by atoms with E-state index < -0.39 is 20.7 Å². The van der Waals surface area contributed by atoms with Crippen molar-refractivity contribution in [3.63, 3.8) is 0 Å². The van der Waals surface area contributed by atoms with Crippen LogP contribution < -0.4 is 14.4 Å². The molecule has 0 aliphatic rings. The van der Waals surface area contributed by atoms with Gasteiger partial charge < -0.3 is 0 Å². The first-order valence-electron chi connectivity index (χ1n) is 4.30. The van der Waals surface area contributed by atoms with Gasteiger partial charge in [0.05, 0.1) is 0 Å². The van der Waals surface area contributed by atoms with Crippen LogP contribution in [0.15, 0.2) is 24.3 Å². The molecule has 3 nitrogen and oxygen atoms in total. The predicted octanol–water partition coefficient (Wildman–Crippen LogP) is 1.37. The first-order chi connectivity index (χ1) is 6.63. The fourth-order valence-electron chi connectivity index (χ4n) is 0.983. The molecule has 0 heterocycles. The molecule has 4 heteroatoms. The molecule has 1 aromatic carbocycles. The molecule has 0 aliphatic carbocycles. The van der Waals surface area contributed by atoms with Crippen molar-refractivity contribution in [3.05, 3.63) is 24.3 Å². The number of amides is 1. The van der Waals surface area contributed by atoms with E-state index in [9.17, 15) is 4.79 Å². The molecule has 14 heavy (non-hydrogen) atoms. The molecule has 0 saturated heterocycles. The van der Waals surface area contributed by atoms with Gasteiger partial charge in [-0.2, -0.15) is 0 Å². The van der Waals surface area contributed by atoms with Gasteiger partial charge in [-0.1, -0.05) is 0 Å².